The SMILES string of the molecule is C.CC.CC.Cc1ccc(Nc2ncc3cc(Oc4ccccc4F)c(=O)n(N)c3n2)nc1. The van der Waals surface area contributed by atoms with Crippen molar-refractivity contribution in [1.29, 1.82) is 0 Å². The second-order valence-corrected chi connectivity index (χ2v) is 6.03. The summed E-state index contributed by atoms with van der Waals surface area (Å²) in [5, 5.41) is 3.40. The lowest BCUT2D eigenvalue weighted by Gasteiger charge is -2.11. The summed E-state index contributed by atoms with van der Waals surface area (Å²) < 4.78 is 20.0. The molecule has 0 bridgehead atoms. The summed E-state index contributed by atoms with van der Waals surface area (Å²) in [4.78, 5) is 25.2. The third kappa shape index (κ3) is 6.49. The maximum absolute atomic E-state index is 13.8. The molecule has 0 saturated carbocycles. The van der Waals surface area contributed by atoms with Crippen LogP contribution >= 0.6 is 0 Å². The molecule has 0 unspecified atom stereocenters. The highest BCUT2D eigenvalue weighted by molar-refractivity contribution is 5.77. The monoisotopic (exact) mass is 454 g/mol. The summed E-state index contributed by atoms with van der Waals surface area (Å²) in [6, 6.07) is 10.9. The summed E-state index contributed by atoms with van der Waals surface area (Å²) in [5.74, 6) is 5.86. The Kier molecular flexibility index (Phi) is 10.4. The van der Waals surface area contributed by atoms with Crippen molar-refractivity contribution < 1.29 is 9.13 Å². The van der Waals surface area contributed by atoms with Gasteiger partial charge in [0.1, 0.15) is 5.82 Å². The van der Waals surface area contributed by atoms with Gasteiger partial charge in [0.05, 0.1) is 0 Å². The number of ether oxygens (including phenoxy) is 1. The molecule has 0 spiro atoms. The molecular formula is C24H31FN6O2. The van der Waals surface area contributed by atoms with Gasteiger partial charge in [0, 0.05) is 17.8 Å². The second-order valence-electron chi connectivity index (χ2n) is 6.03. The third-order valence-electron chi connectivity index (χ3n) is 3.95. The number of nitrogen functional groups attached to an aromatic ring is 1. The number of para-hydroxylation sites is 1. The first kappa shape index (κ1) is 27.0. The Bertz CT molecular complexity index is 1230. The van der Waals surface area contributed by atoms with Crippen molar-refractivity contribution in [2.75, 3.05) is 11.2 Å². The van der Waals surface area contributed by atoms with Gasteiger partial charge in [-0.25, -0.2) is 19.0 Å². The van der Waals surface area contributed by atoms with Crippen molar-refractivity contribution in [3.05, 3.63) is 76.6 Å². The van der Waals surface area contributed by atoms with Gasteiger partial charge < -0.3 is 15.9 Å². The quantitative estimate of drug-likeness (QED) is 0.388. The molecule has 0 saturated heterocycles. The molecule has 4 aromatic rings. The second kappa shape index (κ2) is 12.7. The van der Waals surface area contributed by atoms with E-state index in [2.05, 4.69) is 20.3 Å². The number of rotatable bonds is 4. The molecule has 0 fully saturated rings. The Morgan fingerprint density at radius 1 is 1.00 bits per heavy atom. The van der Waals surface area contributed by atoms with Gasteiger partial charge >= 0.3 is 5.56 Å². The standard InChI is InChI=1S/C19H15FN6O2.2C2H6.CH4/c1-11-6-7-16(22-9-11)24-19-23-10-12-8-15(18(27)26(21)17(12)25-19)28-14-5-3-2-4-13(14)20;2*1-2;/h2-10H,21H2,1H3,(H,22,23,24,25);2*1-2H3;1H4. The molecule has 9 heteroatoms. The van der Waals surface area contributed by atoms with Crippen LogP contribution in [0.3, 0.4) is 0 Å². The van der Waals surface area contributed by atoms with E-state index in [0.29, 0.717) is 11.2 Å². The minimum Gasteiger partial charge on any atom is -0.448 e. The summed E-state index contributed by atoms with van der Waals surface area (Å²) >= 11 is 0. The Morgan fingerprint density at radius 3 is 2.33 bits per heavy atom. The van der Waals surface area contributed by atoms with E-state index < -0.39 is 11.4 Å². The lowest BCUT2D eigenvalue weighted by atomic mass is 10.3. The van der Waals surface area contributed by atoms with Crippen molar-refractivity contribution in [2.45, 2.75) is 42.0 Å². The smallest absolute Gasteiger partial charge is 0.313 e. The zero-order valence-corrected chi connectivity index (χ0v) is 18.8. The summed E-state index contributed by atoms with van der Waals surface area (Å²) in [6.07, 6.45) is 3.18. The Labute approximate surface area is 193 Å². The van der Waals surface area contributed by atoms with Crippen molar-refractivity contribution in [3.8, 4) is 11.5 Å². The van der Waals surface area contributed by atoms with E-state index >= 15 is 0 Å². The number of halogens is 1. The fourth-order valence-corrected chi connectivity index (χ4v) is 2.53. The van der Waals surface area contributed by atoms with Crippen LogP contribution in [0.1, 0.15) is 40.7 Å². The summed E-state index contributed by atoms with van der Waals surface area (Å²) in [7, 11) is 0. The largest absolute Gasteiger partial charge is 0.448 e. The Balaban J connectivity index is 0.00000103. The number of hydrogen-bond acceptors (Lipinski definition) is 7. The van der Waals surface area contributed by atoms with E-state index in [1.807, 2.05) is 40.7 Å². The molecule has 3 heterocycles. The number of aromatic nitrogens is 4. The lowest BCUT2D eigenvalue weighted by Crippen LogP contribution is -2.29. The fraction of sp³-hybridized carbons (Fsp3) is 0.250. The molecule has 3 N–H and O–H groups in total. The number of nitrogens with zero attached hydrogens (tertiary/aromatic N) is 4. The number of fused-ring (bicyclic) bond motifs is 1. The van der Waals surface area contributed by atoms with Gasteiger partial charge in [-0.3, -0.25) is 4.79 Å². The predicted octanol–water partition coefficient (Wildman–Crippen LogP) is 5.57. The van der Waals surface area contributed by atoms with Gasteiger partial charge in [-0.15, -0.1) is 0 Å². The topological polar surface area (TPSA) is 108 Å². The molecule has 0 aliphatic carbocycles. The molecule has 0 radical (unpaired) electrons. The van der Waals surface area contributed by atoms with Gasteiger partial charge in [-0.2, -0.15) is 4.98 Å². The lowest BCUT2D eigenvalue weighted by molar-refractivity contribution is 0.435. The van der Waals surface area contributed by atoms with Gasteiger partial charge in [-0.05, 0) is 36.8 Å². The average Bonchev–Trinajstić information content (AvgIpc) is 2.83. The van der Waals surface area contributed by atoms with Crippen LogP contribution < -0.4 is 21.5 Å². The van der Waals surface area contributed by atoms with Gasteiger partial charge in [0.15, 0.2) is 23.0 Å². The molecule has 4 rings (SSSR count). The fourth-order valence-electron chi connectivity index (χ4n) is 2.53. The van der Waals surface area contributed by atoms with E-state index in [1.54, 1.807) is 18.3 Å². The van der Waals surface area contributed by atoms with Crippen molar-refractivity contribution in [1.82, 2.24) is 19.6 Å². The molecule has 8 nitrogen and oxygen atoms in total. The van der Waals surface area contributed by atoms with Crippen LogP contribution in [-0.2, 0) is 0 Å². The van der Waals surface area contributed by atoms with Crippen LogP contribution in [0.4, 0.5) is 16.2 Å². The zero-order valence-electron chi connectivity index (χ0n) is 18.8. The number of benzene rings is 1. The minimum absolute atomic E-state index is 0. The first-order valence-corrected chi connectivity index (χ1v) is 10.3. The van der Waals surface area contributed by atoms with Gasteiger partial charge in [-0.1, -0.05) is 53.3 Å². The van der Waals surface area contributed by atoms with Crippen LogP contribution in [0.15, 0.2) is 59.7 Å². The number of nitrogens with one attached hydrogen (secondary N) is 1. The van der Waals surface area contributed by atoms with Crippen LogP contribution in [0.25, 0.3) is 11.0 Å². The highest BCUT2D eigenvalue weighted by Crippen LogP contribution is 2.24. The average molecular weight is 455 g/mol. The predicted molar refractivity (Wildman–Crippen MR) is 132 cm³/mol. The van der Waals surface area contributed by atoms with Crippen LogP contribution in [0.2, 0.25) is 0 Å². The number of aryl methyl sites for hydroxylation is 1. The molecule has 33 heavy (non-hydrogen) atoms. The van der Waals surface area contributed by atoms with E-state index in [9.17, 15) is 9.18 Å². The minimum atomic E-state index is -0.658. The first-order valence-electron chi connectivity index (χ1n) is 10.3. The van der Waals surface area contributed by atoms with E-state index in [-0.39, 0.29) is 30.5 Å². The van der Waals surface area contributed by atoms with Crippen molar-refractivity contribution in [2.24, 2.45) is 0 Å². The van der Waals surface area contributed by atoms with E-state index in [1.165, 1.54) is 30.5 Å². The molecule has 0 amide bonds. The number of hydrogen-bond donors (Lipinski definition) is 2. The Morgan fingerprint density at radius 2 is 1.70 bits per heavy atom. The summed E-state index contributed by atoms with van der Waals surface area (Å²) in [6.45, 7) is 9.93. The van der Waals surface area contributed by atoms with Crippen LogP contribution in [0, 0.1) is 12.7 Å². The summed E-state index contributed by atoms with van der Waals surface area (Å²) in [5.41, 5.74) is 0.549. The van der Waals surface area contributed by atoms with Crippen molar-refractivity contribution in [3.63, 3.8) is 0 Å². The Hall–Kier alpha value is -4.01. The molecule has 0 atom stereocenters. The number of pyridine rings is 2. The van der Waals surface area contributed by atoms with Gasteiger partial charge in [0.25, 0.3) is 0 Å². The van der Waals surface area contributed by atoms with Crippen LogP contribution in [0.5, 0.6) is 11.5 Å². The molecule has 3 aromatic heterocycles. The highest BCUT2D eigenvalue weighted by Gasteiger charge is 2.14. The van der Waals surface area contributed by atoms with E-state index in [0.717, 1.165) is 10.2 Å². The van der Waals surface area contributed by atoms with Crippen LogP contribution in [-0.4, -0.2) is 19.6 Å². The number of anilines is 2. The van der Waals surface area contributed by atoms with E-state index in [4.69, 9.17) is 10.6 Å². The molecule has 176 valence electrons. The normalized spacial score (nSPS) is 9.52. The molecule has 1 aromatic carbocycles. The highest BCUT2D eigenvalue weighted by atomic mass is 19.1. The van der Waals surface area contributed by atoms with Crippen molar-refractivity contribution >= 4 is 22.8 Å². The number of nitrogens with two attached hydrogens (primary N) is 1. The maximum Gasteiger partial charge on any atom is 0.313 e. The molecule has 0 aliphatic rings. The third-order valence-corrected chi connectivity index (χ3v) is 3.95. The maximum atomic E-state index is 13.8. The first-order chi connectivity index (χ1) is 15.5. The molecular weight excluding hydrogens is 423 g/mol. The van der Waals surface area contributed by atoms with Gasteiger partial charge in [0.2, 0.25) is 5.95 Å². The zero-order chi connectivity index (χ0) is 23.7. The molecule has 0 aliphatic heterocycles.